The Kier molecular flexibility index (Phi) is 8.47. The van der Waals surface area contributed by atoms with E-state index in [0.717, 1.165) is 24.3 Å². The zero-order valence-corrected chi connectivity index (χ0v) is 19.2. The molecule has 31 heavy (non-hydrogen) atoms. The van der Waals surface area contributed by atoms with E-state index in [2.05, 4.69) is 48.4 Å². The lowest BCUT2D eigenvalue weighted by molar-refractivity contribution is -0.137. The minimum absolute atomic E-state index is 0.0188. The van der Waals surface area contributed by atoms with Crippen LogP contribution in [0.1, 0.15) is 58.3 Å². The maximum absolute atomic E-state index is 12.7. The average molecular weight is 431 g/mol. The van der Waals surface area contributed by atoms with E-state index in [1.807, 2.05) is 25.1 Å². The number of nitrogens with zero attached hydrogens (tertiary/aromatic N) is 2. The number of aliphatic carboxylic acids is 1. The highest BCUT2D eigenvalue weighted by Gasteiger charge is 2.19. The molecule has 170 valence electrons. The molecular formula is C23H34N4O4. The molecule has 0 fully saturated rings. The lowest BCUT2D eigenvalue weighted by atomic mass is 9.96. The van der Waals surface area contributed by atoms with Gasteiger partial charge in [-0.05, 0) is 42.4 Å². The lowest BCUT2D eigenvalue weighted by Gasteiger charge is -2.31. The van der Waals surface area contributed by atoms with E-state index in [9.17, 15) is 9.59 Å². The number of urea groups is 1. The first-order chi connectivity index (χ1) is 14.5. The number of aryl methyl sites for hydroxylation is 1. The summed E-state index contributed by atoms with van der Waals surface area (Å²) in [6, 6.07) is 6.97. The summed E-state index contributed by atoms with van der Waals surface area (Å²) in [5, 5.41) is 18.5. The Balaban J connectivity index is 2.37. The van der Waals surface area contributed by atoms with Gasteiger partial charge in [0.25, 0.3) is 0 Å². The molecule has 3 N–H and O–H groups in total. The average Bonchev–Trinajstić information content (AvgIpc) is 3.04. The van der Waals surface area contributed by atoms with E-state index in [1.165, 1.54) is 0 Å². The summed E-state index contributed by atoms with van der Waals surface area (Å²) in [6.45, 7) is 13.9. The van der Waals surface area contributed by atoms with E-state index in [4.69, 9.17) is 9.63 Å². The highest BCUT2D eigenvalue weighted by Crippen LogP contribution is 2.32. The summed E-state index contributed by atoms with van der Waals surface area (Å²) in [4.78, 5) is 26.1. The molecule has 0 aliphatic heterocycles. The van der Waals surface area contributed by atoms with E-state index < -0.39 is 12.0 Å². The van der Waals surface area contributed by atoms with E-state index in [1.54, 1.807) is 13.0 Å². The summed E-state index contributed by atoms with van der Waals surface area (Å²) in [5.41, 5.74) is 2.39. The molecular weight excluding hydrogens is 396 g/mol. The number of amides is 2. The van der Waals surface area contributed by atoms with Crippen molar-refractivity contribution in [1.29, 1.82) is 0 Å². The van der Waals surface area contributed by atoms with Crippen molar-refractivity contribution < 1.29 is 19.2 Å². The molecule has 1 aromatic heterocycles. The maximum atomic E-state index is 12.7. The Hall–Kier alpha value is -3.03. The number of anilines is 3. The number of aromatic nitrogens is 1. The van der Waals surface area contributed by atoms with Gasteiger partial charge in [-0.15, -0.1) is 0 Å². The second kappa shape index (κ2) is 10.8. The summed E-state index contributed by atoms with van der Waals surface area (Å²) >= 11 is 0. The van der Waals surface area contributed by atoms with Crippen LogP contribution in [0.5, 0.6) is 0 Å². The number of nitrogens with one attached hydrogen (secondary N) is 2. The molecule has 1 atom stereocenters. The molecule has 0 saturated carbocycles. The van der Waals surface area contributed by atoms with Gasteiger partial charge in [0.1, 0.15) is 5.76 Å². The lowest BCUT2D eigenvalue weighted by Crippen LogP contribution is -2.32. The molecule has 1 aromatic carbocycles. The van der Waals surface area contributed by atoms with Gasteiger partial charge in [0.15, 0.2) is 5.82 Å². The molecule has 0 unspecified atom stereocenters. The maximum Gasteiger partial charge on any atom is 0.325 e. The van der Waals surface area contributed by atoms with Gasteiger partial charge < -0.3 is 19.8 Å². The molecule has 0 radical (unpaired) electrons. The highest BCUT2D eigenvalue weighted by atomic mass is 16.5. The van der Waals surface area contributed by atoms with Crippen molar-refractivity contribution >= 4 is 29.2 Å². The molecule has 0 bridgehead atoms. The van der Waals surface area contributed by atoms with Gasteiger partial charge in [0, 0.05) is 19.2 Å². The summed E-state index contributed by atoms with van der Waals surface area (Å²) in [5.74, 6) is 0.755. The monoisotopic (exact) mass is 430 g/mol. The third kappa shape index (κ3) is 7.62. The molecule has 2 aromatic rings. The van der Waals surface area contributed by atoms with Crippen LogP contribution in [0.15, 0.2) is 28.8 Å². The number of hydrogen-bond acceptors (Lipinski definition) is 5. The minimum Gasteiger partial charge on any atom is -0.481 e. The van der Waals surface area contributed by atoms with Crippen LogP contribution in [-0.2, 0) is 4.79 Å². The standard InChI is InChI=1S/C23H34N4O4/c1-14(2)12-27(13-15(3)4)20-8-7-18(16(5)9-22(28)29)11-19(20)24-23(30)25-21-10-17(6)31-26-21/h7-8,10-11,14-16H,9,12-13H2,1-6H3,(H,28,29)(H2,24,25,26,30)/t16-/m1/s1. The summed E-state index contributed by atoms with van der Waals surface area (Å²) < 4.78 is 5.00. The number of carboxylic acids is 1. The number of carboxylic acid groups (broad SMARTS) is 1. The van der Waals surface area contributed by atoms with E-state index in [-0.39, 0.29) is 12.3 Å². The topological polar surface area (TPSA) is 108 Å². The number of hydrogen-bond donors (Lipinski definition) is 3. The van der Waals surface area contributed by atoms with Crippen LogP contribution in [0.4, 0.5) is 22.0 Å². The normalized spacial score (nSPS) is 12.1. The molecule has 0 aliphatic carbocycles. The zero-order valence-electron chi connectivity index (χ0n) is 19.2. The first-order valence-electron chi connectivity index (χ1n) is 10.7. The molecule has 2 rings (SSSR count). The molecule has 0 aliphatic rings. The quantitative estimate of drug-likeness (QED) is 0.471. The van der Waals surface area contributed by atoms with Gasteiger partial charge in [-0.2, -0.15) is 0 Å². The van der Waals surface area contributed by atoms with Crippen molar-refractivity contribution in [3.8, 4) is 0 Å². The van der Waals surface area contributed by atoms with Crippen LogP contribution in [-0.4, -0.2) is 35.4 Å². The fourth-order valence-corrected chi connectivity index (χ4v) is 3.46. The Labute approximate surface area is 184 Å². The second-order valence-electron chi connectivity index (χ2n) is 8.87. The fourth-order valence-electron chi connectivity index (χ4n) is 3.46. The molecule has 0 spiro atoms. The Morgan fingerprint density at radius 3 is 2.23 bits per heavy atom. The molecule has 0 saturated heterocycles. The number of benzene rings is 1. The van der Waals surface area contributed by atoms with Crippen molar-refractivity contribution in [2.45, 2.75) is 53.9 Å². The van der Waals surface area contributed by atoms with Crippen LogP contribution in [0.25, 0.3) is 0 Å². The van der Waals surface area contributed by atoms with Gasteiger partial charge in [0.2, 0.25) is 0 Å². The Bertz CT molecular complexity index is 881. The predicted octanol–water partition coefficient (Wildman–Crippen LogP) is 5.32. The van der Waals surface area contributed by atoms with E-state index >= 15 is 0 Å². The van der Waals surface area contributed by atoms with Gasteiger partial charge in [0.05, 0.1) is 17.8 Å². The van der Waals surface area contributed by atoms with Crippen LogP contribution >= 0.6 is 0 Å². The number of rotatable bonds is 10. The van der Waals surface area contributed by atoms with Crippen molar-refractivity contribution in [2.24, 2.45) is 11.8 Å². The molecule has 8 heteroatoms. The fraction of sp³-hybridized carbons (Fsp3) is 0.522. The smallest absolute Gasteiger partial charge is 0.325 e. The van der Waals surface area contributed by atoms with E-state index in [0.29, 0.717) is 29.1 Å². The Morgan fingerprint density at radius 2 is 1.71 bits per heavy atom. The highest BCUT2D eigenvalue weighted by molar-refractivity contribution is 6.01. The largest absolute Gasteiger partial charge is 0.481 e. The predicted molar refractivity (Wildman–Crippen MR) is 123 cm³/mol. The van der Waals surface area contributed by atoms with Crippen LogP contribution < -0.4 is 15.5 Å². The van der Waals surface area contributed by atoms with Gasteiger partial charge in [-0.25, -0.2) is 4.79 Å². The van der Waals surface area contributed by atoms with Gasteiger partial charge in [-0.3, -0.25) is 10.1 Å². The molecule has 8 nitrogen and oxygen atoms in total. The van der Waals surface area contributed by atoms with Crippen LogP contribution in [0.2, 0.25) is 0 Å². The minimum atomic E-state index is -0.855. The van der Waals surface area contributed by atoms with Crippen LogP contribution in [0.3, 0.4) is 0 Å². The number of carbonyl (C=O) groups excluding carboxylic acids is 1. The van der Waals surface area contributed by atoms with Crippen molar-refractivity contribution in [3.05, 3.63) is 35.6 Å². The van der Waals surface area contributed by atoms with Crippen molar-refractivity contribution in [2.75, 3.05) is 28.6 Å². The summed E-state index contributed by atoms with van der Waals surface area (Å²) in [6.07, 6.45) is 0.0188. The van der Waals surface area contributed by atoms with Crippen LogP contribution in [0, 0.1) is 18.8 Å². The first kappa shape index (κ1) is 24.2. The van der Waals surface area contributed by atoms with Gasteiger partial charge in [-0.1, -0.05) is 45.8 Å². The third-order valence-electron chi connectivity index (χ3n) is 4.70. The number of carbonyl (C=O) groups is 2. The molecule has 2 amide bonds. The first-order valence-corrected chi connectivity index (χ1v) is 10.7. The van der Waals surface area contributed by atoms with Crippen molar-refractivity contribution in [3.63, 3.8) is 0 Å². The zero-order chi connectivity index (χ0) is 23.1. The van der Waals surface area contributed by atoms with Gasteiger partial charge >= 0.3 is 12.0 Å². The SMILES string of the molecule is Cc1cc(NC(=O)Nc2cc([C@H](C)CC(=O)O)ccc2N(CC(C)C)CC(C)C)no1. The van der Waals surface area contributed by atoms with Crippen molar-refractivity contribution in [1.82, 2.24) is 5.16 Å². The third-order valence-corrected chi connectivity index (χ3v) is 4.70. The molecule has 1 heterocycles. The Morgan fingerprint density at radius 1 is 1.06 bits per heavy atom. The summed E-state index contributed by atoms with van der Waals surface area (Å²) in [7, 11) is 0. The second-order valence-corrected chi connectivity index (χ2v) is 8.87.